The van der Waals surface area contributed by atoms with Crippen molar-refractivity contribution in [3.63, 3.8) is 0 Å². The highest BCUT2D eigenvalue weighted by molar-refractivity contribution is 6.30. The molecule has 154 valence electrons. The first kappa shape index (κ1) is 21.5. The number of amides is 2. The van der Waals surface area contributed by atoms with E-state index in [1.54, 1.807) is 30.5 Å². The second-order valence-corrected chi connectivity index (χ2v) is 7.59. The van der Waals surface area contributed by atoms with Crippen LogP contribution in [-0.2, 0) is 11.2 Å². The topological polar surface area (TPSA) is 71.1 Å². The molecule has 6 heteroatoms. The molecule has 0 spiro atoms. The molecule has 2 N–H and O–H groups in total. The first-order valence-corrected chi connectivity index (χ1v) is 10.2. The molecule has 0 bridgehead atoms. The molecule has 3 aromatic rings. The first-order chi connectivity index (χ1) is 14.5. The highest BCUT2D eigenvalue weighted by Crippen LogP contribution is 2.19. The molecule has 0 radical (unpaired) electrons. The van der Waals surface area contributed by atoms with Crippen LogP contribution in [0.25, 0.3) is 0 Å². The van der Waals surface area contributed by atoms with E-state index in [1.807, 2.05) is 55.5 Å². The van der Waals surface area contributed by atoms with Crippen LogP contribution in [-0.4, -0.2) is 22.8 Å². The Hall–Kier alpha value is -3.18. The van der Waals surface area contributed by atoms with Crippen LogP contribution < -0.4 is 10.6 Å². The molecule has 2 atom stereocenters. The third-order valence-corrected chi connectivity index (χ3v) is 4.89. The average molecular weight is 422 g/mol. The smallest absolute Gasteiger partial charge is 0.251 e. The lowest BCUT2D eigenvalue weighted by molar-refractivity contribution is -0.122. The summed E-state index contributed by atoms with van der Waals surface area (Å²) in [6.07, 6.45) is 2.46. The van der Waals surface area contributed by atoms with E-state index in [9.17, 15) is 9.59 Å². The third-order valence-electron chi connectivity index (χ3n) is 4.64. The summed E-state index contributed by atoms with van der Waals surface area (Å²) in [6, 6.07) is 21.5. The van der Waals surface area contributed by atoms with E-state index in [1.165, 1.54) is 0 Å². The van der Waals surface area contributed by atoms with Crippen molar-refractivity contribution >= 4 is 23.4 Å². The van der Waals surface area contributed by atoms with E-state index in [0.29, 0.717) is 17.0 Å². The summed E-state index contributed by atoms with van der Waals surface area (Å²) in [6.45, 7) is 1.81. The van der Waals surface area contributed by atoms with Gasteiger partial charge in [-0.2, -0.15) is 0 Å². The van der Waals surface area contributed by atoms with Crippen molar-refractivity contribution in [3.05, 3.63) is 101 Å². The number of hydrogen-bond acceptors (Lipinski definition) is 3. The molecule has 0 saturated carbocycles. The Morgan fingerprint density at radius 1 is 0.933 bits per heavy atom. The minimum absolute atomic E-state index is 0.152. The number of nitrogens with zero attached hydrogens (tertiary/aromatic N) is 1. The molecule has 1 heterocycles. The monoisotopic (exact) mass is 421 g/mol. The summed E-state index contributed by atoms with van der Waals surface area (Å²) in [7, 11) is 0. The van der Waals surface area contributed by atoms with Crippen molar-refractivity contribution in [2.24, 2.45) is 0 Å². The molecule has 1 aromatic heterocycles. The molecule has 0 fully saturated rings. The third kappa shape index (κ3) is 6.42. The van der Waals surface area contributed by atoms with Gasteiger partial charge in [-0.3, -0.25) is 14.6 Å². The maximum atomic E-state index is 12.7. The van der Waals surface area contributed by atoms with Crippen LogP contribution in [0.3, 0.4) is 0 Å². The number of aromatic nitrogens is 1. The zero-order valence-corrected chi connectivity index (χ0v) is 17.5. The zero-order chi connectivity index (χ0) is 21.3. The Kier molecular flexibility index (Phi) is 7.57. The molecule has 0 unspecified atom stereocenters. The Balaban J connectivity index is 1.62. The summed E-state index contributed by atoms with van der Waals surface area (Å²) in [5, 5.41) is 6.59. The molecule has 2 amide bonds. The fourth-order valence-electron chi connectivity index (χ4n) is 3.15. The Labute approximate surface area is 181 Å². The largest absolute Gasteiger partial charge is 0.349 e. The van der Waals surface area contributed by atoms with E-state index in [4.69, 9.17) is 11.6 Å². The van der Waals surface area contributed by atoms with Gasteiger partial charge in [-0.05, 0) is 55.3 Å². The second kappa shape index (κ2) is 10.6. The SMILES string of the molecule is C[C@@H](CC(=O)N[C@@H](Cc1ccc(Cl)cc1)c1ccccn1)NC(=O)c1ccccc1. The standard InChI is InChI=1S/C24H24ClN3O2/c1-17(27-24(30)19-7-3-2-4-8-19)15-23(29)28-22(21-9-5-6-14-26-21)16-18-10-12-20(25)13-11-18/h2-14,17,22H,15-16H2,1H3,(H,27,30)(H,28,29)/t17-,22-/m0/s1. The van der Waals surface area contributed by atoms with Crippen LogP contribution in [0.4, 0.5) is 0 Å². The highest BCUT2D eigenvalue weighted by atomic mass is 35.5. The maximum absolute atomic E-state index is 12.7. The first-order valence-electron chi connectivity index (χ1n) is 9.82. The van der Waals surface area contributed by atoms with Crippen molar-refractivity contribution < 1.29 is 9.59 Å². The maximum Gasteiger partial charge on any atom is 0.251 e. The number of rotatable bonds is 8. The van der Waals surface area contributed by atoms with Gasteiger partial charge in [0.1, 0.15) is 0 Å². The van der Waals surface area contributed by atoms with Gasteiger partial charge in [0, 0.05) is 29.2 Å². The van der Waals surface area contributed by atoms with Crippen LogP contribution >= 0.6 is 11.6 Å². The van der Waals surface area contributed by atoms with E-state index in [0.717, 1.165) is 11.3 Å². The molecular formula is C24H24ClN3O2. The predicted octanol–water partition coefficient (Wildman–Crippen LogP) is 4.34. The fourth-order valence-corrected chi connectivity index (χ4v) is 3.27. The van der Waals surface area contributed by atoms with Crippen molar-refractivity contribution in [1.29, 1.82) is 0 Å². The molecule has 0 aliphatic rings. The van der Waals surface area contributed by atoms with Gasteiger partial charge in [0.25, 0.3) is 5.91 Å². The summed E-state index contributed by atoms with van der Waals surface area (Å²) in [5.74, 6) is -0.348. The second-order valence-electron chi connectivity index (χ2n) is 7.15. The number of hydrogen-bond donors (Lipinski definition) is 2. The van der Waals surface area contributed by atoms with Crippen LogP contribution in [0.5, 0.6) is 0 Å². The Bertz CT molecular complexity index is 963. The van der Waals surface area contributed by atoms with Crippen LogP contribution in [0.2, 0.25) is 5.02 Å². The molecule has 0 aliphatic heterocycles. The summed E-state index contributed by atoms with van der Waals surface area (Å²) in [4.78, 5) is 29.4. The van der Waals surface area contributed by atoms with Gasteiger partial charge >= 0.3 is 0 Å². The average Bonchev–Trinajstić information content (AvgIpc) is 2.76. The molecule has 3 rings (SSSR count). The Morgan fingerprint density at radius 2 is 1.63 bits per heavy atom. The van der Waals surface area contributed by atoms with Gasteiger partial charge < -0.3 is 10.6 Å². The van der Waals surface area contributed by atoms with Crippen LogP contribution in [0.15, 0.2) is 79.0 Å². The number of nitrogens with one attached hydrogen (secondary N) is 2. The van der Waals surface area contributed by atoms with E-state index >= 15 is 0 Å². The van der Waals surface area contributed by atoms with Gasteiger partial charge in [-0.25, -0.2) is 0 Å². The van der Waals surface area contributed by atoms with Crippen molar-refractivity contribution in [1.82, 2.24) is 15.6 Å². The predicted molar refractivity (Wildman–Crippen MR) is 118 cm³/mol. The molecule has 0 saturated heterocycles. The summed E-state index contributed by atoms with van der Waals surface area (Å²) >= 11 is 5.98. The van der Waals surface area contributed by atoms with Gasteiger partial charge in [-0.1, -0.05) is 48.0 Å². The van der Waals surface area contributed by atoms with E-state index in [-0.39, 0.29) is 30.3 Å². The number of halogens is 1. The number of carbonyl (C=O) groups is 2. The minimum Gasteiger partial charge on any atom is -0.349 e. The van der Waals surface area contributed by atoms with Gasteiger partial charge in [-0.15, -0.1) is 0 Å². The lowest BCUT2D eigenvalue weighted by Gasteiger charge is -2.20. The zero-order valence-electron chi connectivity index (χ0n) is 16.7. The lowest BCUT2D eigenvalue weighted by atomic mass is 10.0. The van der Waals surface area contributed by atoms with E-state index < -0.39 is 0 Å². The van der Waals surface area contributed by atoms with Crippen molar-refractivity contribution in [2.75, 3.05) is 0 Å². The number of carbonyl (C=O) groups excluding carboxylic acids is 2. The molecular weight excluding hydrogens is 398 g/mol. The molecule has 5 nitrogen and oxygen atoms in total. The van der Waals surface area contributed by atoms with Gasteiger partial charge in [0.15, 0.2) is 0 Å². The quantitative estimate of drug-likeness (QED) is 0.568. The highest BCUT2D eigenvalue weighted by Gasteiger charge is 2.19. The van der Waals surface area contributed by atoms with Gasteiger partial charge in [0.05, 0.1) is 11.7 Å². The number of benzene rings is 2. The van der Waals surface area contributed by atoms with Crippen LogP contribution in [0.1, 0.15) is 41.0 Å². The molecule has 2 aromatic carbocycles. The van der Waals surface area contributed by atoms with Crippen molar-refractivity contribution in [2.45, 2.75) is 31.8 Å². The molecule has 0 aliphatic carbocycles. The minimum atomic E-state index is -0.308. The van der Waals surface area contributed by atoms with Gasteiger partial charge in [0.2, 0.25) is 5.91 Å². The molecule has 30 heavy (non-hydrogen) atoms. The van der Waals surface area contributed by atoms with Crippen molar-refractivity contribution in [3.8, 4) is 0 Å². The summed E-state index contributed by atoms with van der Waals surface area (Å²) in [5.41, 5.74) is 2.39. The van der Waals surface area contributed by atoms with E-state index in [2.05, 4.69) is 15.6 Å². The normalized spacial score (nSPS) is 12.6. The number of pyridine rings is 1. The van der Waals surface area contributed by atoms with Crippen LogP contribution in [0, 0.1) is 0 Å². The summed E-state index contributed by atoms with van der Waals surface area (Å²) < 4.78 is 0. The Morgan fingerprint density at radius 3 is 2.30 bits per heavy atom. The fraction of sp³-hybridized carbons (Fsp3) is 0.208. The lowest BCUT2D eigenvalue weighted by Crippen LogP contribution is -2.38.